The number of nitrogens with two attached hydrogens (primary N) is 1. The average molecular weight is 434 g/mol. The number of carbonyl (C=O) groups is 1. The Bertz CT molecular complexity index is 1210. The lowest BCUT2D eigenvalue weighted by Gasteiger charge is -2.08. The number of benzene rings is 1. The van der Waals surface area contributed by atoms with E-state index in [-0.39, 0.29) is 29.1 Å². The molecule has 2 heterocycles. The van der Waals surface area contributed by atoms with Crippen LogP contribution in [0.5, 0.6) is 0 Å². The highest BCUT2D eigenvalue weighted by Crippen LogP contribution is 2.27. The molecular weight excluding hydrogens is 414 g/mol. The van der Waals surface area contributed by atoms with Crippen molar-refractivity contribution in [3.63, 3.8) is 0 Å². The van der Waals surface area contributed by atoms with E-state index in [1.807, 2.05) is 13.8 Å². The first-order valence-corrected chi connectivity index (χ1v) is 10.9. The van der Waals surface area contributed by atoms with Crippen LogP contribution in [0.4, 0.5) is 0 Å². The number of nitrogens with one attached hydrogen (secondary N) is 1. The topological polar surface area (TPSA) is 137 Å². The molecule has 29 heavy (non-hydrogen) atoms. The second-order valence-corrected chi connectivity index (χ2v) is 9.02. The summed E-state index contributed by atoms with van der Waals surface area (Å²) in [6.07, 6.45) is 0. The Morgan fingerprint density at radius 3 is 2.45 bits per heavy atom. The Hall–Kier alpha value is -2.89. The van der Waals surface area contributed by atoms with Crippen LogP contribution in [-0.4, -0.2) is 35.6 Å². The van der Waals surface area contributed by atoms with Crippen molar-refractivity contribution in [1.29, 1.82) is 0 Å². The molecule has 0 atom stereocenters. The Kier molecular flexibility index (Phi) is 5.91. The summed E-state index contributed by atoms with van der Waals surface area (Å²) in [5.74, 6) is -0.399. The summed E-state index contributed by atoms with van der Waals surface area (Å²) in [7, 11) is -3.81. The van der Waals surface area contributed by atoms with Crippen molar-refractivity contribution < 1.29 is 13.2 Å². The molecule has 3 aromatic rings. The fraction of sp³-hybridized carbons (Fsp3) is 0.222. The average Bonchev–Trinajstić information content (AvgIpc) is 3.00. The van der Waals surface area contributed by atoms with Crippen LogP contribution >= 0.6 is 11.3 Å². The highest BCUT2D eigenvalue weighted by molar-refractivity contribution is 7.89. The van der Waals surface area contributed by atoms with Gasteiger partial charge < -0.3 is 5.32 Å². The van der Waals surface area contributed by atoms with Crippen LogP contribution in [-0.2, 0) is 16.6 Å². The van der Waals surface area contributed by atoms with Crippen LogP contribution in [0.2, 0.25) is 0 Å². The third-order valence-corrected chi connectivity index (χ3v) is 6.08. The maximum absolute atomic E-state index is 12.2. The molecule has 0 fully saturated rings. The minimum Gasteiger partial charge on any atom is -0.350 e. The van der Waals surface area contributed by atoms with Gasteiger partial charge in [0.15, 0.2) is 0 Å². The third kappa shape index (κ3) is 4.94. The zero-order valence-electron chi connectivity index (χ0n) is 15.7. The number of nitrogens with zero attached hydrogens (tertiary/aromatic N) is 3. The molecule has 152 valence electrons. The van der Waals surface area contributed by atoms with E-state index in [4.69, 9.17) is 5.14 Å². The van der Waals surface area contributed by atoms with E-state index in [0.717, 1.165) is 15.6 Å². The second kappa shape index (κ2) is 8.23. The van der Waals surface area contributed by atoms with Crippen molar-refractivity contribution >= 4 is 27.3 Å². The number of primary sulfonamides is 1. The first kappa shape index (κ1) is 20.8. The van der Waals surface area contributed by atoms with Crippen LogP contribution in [0.3, 0.4) is 0 Å². The van der Waals surface area contributed by atoms with Gasteiger partial charge in [0.25, 0.3) is 11.5 Å². The molecule has 0 saturated heterocycles. The van der Waals surface area contributed by atoms with Crippen LogP contribution in [0.15, 0.2) is 46.1 Å². The lowest BCUT2D eigenvalue weighted by atomic mass is 10.2. The summed E-state index contributed by atoms with van der Waals surface area (Å²) in [5, 5.41) is 13.0. The largest absolute Gasteiger partial charge is 0.350 e. The van der Waals surface area contributed by atoms with Gasteiger partial charge in [-0.1, -0.05) is 0 Å². The molecule has 0 saturated carbocycles. The van der Waals surface area contributed by atoms with E-state index >= 15 is 0 Å². The van der Waals surface area contributed by atoms with Crippen molar-refractivity contribution in [2.24, 2.45) is 5.14 Å². The van der Waals surface area contributed by atoms with E-state index in [1.54, 1.807) is 6.07 Å². The van der Waals surface area contributed by atoms with Gasteiger partial charge >= 0.3 is 0 Å². The lowest BCUT2D eigenvalue weighted by molar-refractivity contribution is 0.0951. The quantitative estimate of drug-likeness (QED) is 0.596. The standard InChI is InChI=1S/C18H19N5O4S2/c1-11-17(28-12(2)21-11)15-7-8-16(24)23(22-15)10-9-20-18(25)13-3-5-14(6-4-13)29(19,26)27/h3-8H,9-10H2,1-2H3,(H,20,25)(H2,19,26,27). The predicted molar refractivity (Wildman–Crippen MR) is 109 cm³/mol. The molecule has 1 aromatic carbocycles. The number of thiazole rings is 1. The number of hydrogen-bond donors (Lipinski definition) is 2. The second-order valence-electron chi connectivity index (χ2n) is 6.25. The van der Waals surface area contributed by atoms with Gasteiger partial charge in [-0.15, -0.1) is 11.3 Å². The summed E-state index contributed by atoms with van der Waals surface area (Å²) in [6.45, 7) is 4.15. The number of rotatable bonds is 6. The van der Waals surface area contributed by atoms with Crippen molar-refractivity contribution in [1.82, 2.24) is 20.1 Å². The van der Waals surface area contributed by atoms with Gasteiger partial charge in [-0.05, 0) is 44.2 Å². The Morgan fingerprint density at radius 1 is 1.17 bits per heavy atom. The summed E-state index contributed by atoms with van der Waals surface area (Å²) >= 11 is 1.50. The van der Waals surface area contributed by atoms with E-state index in [0.29, 0.717) is 5.69 Å². The molecule has 3 N–H and O–H groups in total. The Morgan fingerprint density at radius 2 is 1.86 bits per heavy atom. The molecular formula is C18H19N5O4S2. The van der Waals surface area contributed by atoms with E-state index in [1.165, 1.54) is 46.4 Å². The number of sulfonamides is 1. The normalized spacial score (nSPS) is 11.4. The molecule has 0 unspecified atom stereocenters. The van der Waals surface area contributed by atoms with Gasteiger partial charge in [0.05, 0.1) is 27.0 Å². The van der Waals surface area contributed by atoms with Crippen LogP contribution < -0.4 is 16.0 Å². The zero-order chi connectivity index (χ0) is 21.2. The van der Waals surface area contributed by atoms with Gasteiger partial charge in [-0.25, -0.2) is 23.2 Å². The van der Waals surface area contributed by atoms with Gasteiger partial charge in [0, 0.05) is 18.2 Å². The minimum atomic E-state index is -3.81. The highest BCUT2D eigenvalue weighted by Gasteiger charge is 2.12. The molecule has 0 aliphatic rings. The number of aromatic nitrogens is 3. The molecule has 9 nitrogen and oxygen atoms in total. The summed E-state index contributed by atoms with van der Waals surface area (Å²) in [6, 6.07) is 8.36. The SMILES string of the molecule is Cc1nc(C)c(-c2ccc(=O)n(CCNC(=O)c3ccc(S(N)(=O)=O)cc3)n2)s1. The van der Waals surface area contributed by atoms with Gasteiger partial charge in [0.1, 0.15) is 5.69 Å². The summed E-state index contributed by atoms with van der Waals surface area (Å²) < 4.78 is 23.8. The molecule has 0 aliphatic heterocycles. The maximum Gasteiger partial charge on any atom is 0.266 e. The van der Waals surface area contributed by atoms with Crippen molar-refractivity contribution in [3.05, 3.63) is 63.0 Å². The summed E-state index contributed by atoms with van der Waals surface area (Å²) in [4.78, 5) is 29.5. The Labute approximate surface area is 171 Å². The fourth-order valence-corrected chi connectivity index (χ4v) is 4.07. The van der Waals surface area contributed by atoms with Gasteiger partial charge in [-0.2, -0.15) is 5.10 Å². The summed E-state index contributed by atoms with van der Waals surface area (Å²) in [5.41, 5.74) is 1.50. The van der Waals surface area contributed by atoms with Crippen LogP contribution in [0, 0.1) is 13.8 Å². The third-order valence-electron chi connectivity index (χ3n) is 4.06. The van der Waals surface area contributed by atoms with Gasteiger partial charge in [0.2, 0.25) is 10.0 Å². The molecule has 2 aromatic heterocycles. The van der Waals surface area contributed by atoms with E-state index < -0.39 is 15.9 Å². The fourth-order valence-electron chi connectivity index (χ4n) is 2.67. The first-order chi connectivity index (χ1) is 13.6. The van der Waals surface area contributed by atoms with Crippen molar-refractivity contribution in [3.8, 4) is 10.6 Å². The Balaban J connectivity index is 1.67. The highest BCUT2D eigenvalue weighted by atomic mass is 32.2. The lowest BCUT2D eigenvalue weighted by Crippen LogP contribution is -2.32. The predicted octanol–water partition coefficient (Wildman–Crippen LogP) is 1.06. The maximum atomic E-state index is 12.2. The molecule has 0 spiro atoms. The first-order valence-electron chi connectivity index (χ1n) is 8.59. The van der Waals surface area contributed by atoms with Crippen LogP contribution in [0.1, 0.15) is 21.1 Å². The van der Waals surface area contributed by atoms with Crippen molar-refractivity contribution in [2.45, 2.75) is 25.3 Å². The van der Waals surface area contributed by atoms with E-state index in [9.17, 15) is 18.0 Å². The molecule has 1 amide bonds. The number of carbonyl (C=O) groups excluding carboxylic acids is 1. The molecule has 0 bridgehead atoms. The van der Waals surface area contributed by atoms with Crippen LogP contribution in [0.25, 0.3) is 10.6 Å². The van der Waals surface area contributed by atoms with E-state index in [2.05, 4.69) is 15.4 Å². The van der Waals surface area contributed by atoms with Gasteiger partial charge in [-0.3, -0.25) is 9.59 Å². The van der Waals surface area contributed by atoms with Crippen molar-refractivity contribution in [2.75, 3.05) is 6.54 Å². The zero-order valence-corrected chi connectivity index (χ0v) is 17.4. The minimum absolute atomic E-state index is 0.0739. The number of aryl methyl sites for hydroxylation is 2. The molecule has 0 aliphatic carbocycles. The smallest absolute Gasteiger partial charge is 0.266 e. The molecule has 11 heteroatoms. The number of hydrogen-bond acceptors (Lipinski definition) is 7. The number of amides is 1. The monoisotopic (exact) mass is 433 g/mol. The molecule has 3 rings (SSSR count). The molecule has 0 radical (unpaired) electrons.